The Bertz CT molecular complexity index is 2350. The fourth-order valence-electron chi connectivity index (χ4n) is 5.30. The van der Waals surface area contributed by atoms with E-state index in [1.165, 1.54) is 11.1 Å². The molecule has 0 radical (unpaired) electrons. The van der Waals surface area contributed by atoms with E-state index in [1.54, 1.807) is 22.8 Å². The molecule has 3 heterocycles. The Morgan fingerprint density at radius 3 is 1.46 bits per heavy atom. The number of fused-ring (bicyclic) bond motifs is 4. The van der Waals surface area contributed by atoms with Crippen LogP contribution in [0.1, 0.15) is 6.92 Å². The van der Waals surface area contributed by atoms with Crippen LogP contribution in [0.2, 0.25) is 0 Å². The van der Waals surface area contributed by atoms with Gasteiger partial charge in [0.05, 0.1) is 0 Å². The molecule has 2 aromatic heterocycles. The van der Waals surface area contributed by atoms with E-state index in [-0.39, 0.29) is 25.9 Å². The van der Waals surface area contributed by atoms with Crippen molar-refractivity contribution < 1.29 is 33.7 Å². The SMILES string of the molecule is CN1C=C[N-]C1=CC(=O)C(C)(F)F.[Ir+3].[c-]1ccc2ccccc2c1-n1nc2ccccc2n1.[c-]1ccc2ccccc2c1-n1nc2ccccc2n1. The van der Waals surface area contributed by atoms with Crippen LogP contribution in [-0.2, 0) is 24.9 Å². The Hall–Kier alpha value is -6.10. The minimum atomic E-state index is -3.33. The molecule has 8 aromatic rings. The molecule has 258 valence electrons. The summed E-state index contributed by atoms with van der Waals surface area (Å²) < 4.78 is 24.8. The first-order chi connectivity index (χ1) is 24.7. The number of ketones is 1. The Morgan fingerprint density at radius 1 is 0.673 bits per heavy atom. The van der Waals surface area contributed by atoms with Crippen LogP contribution >= 0.6 is 0 Å². The molecular formula is C40H29F2IrN8O. The molecular weight excluding hydrogens is 839 g/mol. The summed E-state index contributed by atoms with van der Waals surface area (Å²) in [4.78, 5) is 15.6. The van der Waals surface area contributed by atoms with E-state index in [9.17, 15) is 13.6 Å². The zero-order chi connectivity index (χ0) is 35.4. The Kier molecular flexibility index (Phi) is 10.6. The fourth-order valence-corrected chi connectivity index (χ4v) is 5.30. The van der Waals surface area contributed by atoms with Gasteiger partial charge < -0.3 is 10.2 Å². The van der Waals surface area contributed by atoms with Crippen LogP contribution in [-0.4, -0.2) is 53.6 Å². The Labute approximate surface area is 311 Å². The molecule has 1 aliphatic rings. The number of nitrogens with zero attached hydrogens (tertiary/aromatic N) is 8. The number of carbonyl (C=O) groups excluding carboxylic acids is 1. The predicted octanol–water partition coefficient (Wildman–Crippen LogP) is 8.59. The molecule has 0 fully saturated rings. The van der Waals surface area contributed by atoms with Crippen molar-refractivity contribution in [2.45, 2.75) is 12.8 Å². The molecule has 1 aliphatic heterocycles. The van der Waals surface area contributed by atoms with Gasteiger partial charge in [-0.1, -0.05) is 85.9 Å². The summed E-state index contributed by atoms with van der Waals surface area (Å²) in [6.07, 6.45) is 3.85. The maximum absolute atomic E-state index is 12.4. The number of rotatable bonds is 4. The van der Waals surface area contributed by atoms with Gasteiger partial charge in [0.15, 0.2) is 0 Å². The van der Waals surface area contributed by atoms with E-state index >= 15 is 0 Å². The van der Waals surface area contributed by atoms with E-state index in [4.69, 9.17) is 0 Å². The summed E-state index contributed by atoms with van der Waals surface area (Å²) in [7, 11) is 1.62. The third-order valence-electron chi connectivity index (χ3n) is 7.92. The van der Waals surface area contributed by atoms with Crippen molar-refractivity contribution in [2.75, 3.05) is 7.05 Å². The maximum atomic E-state index is 12.4. The quantitative estimate of drug-likeness (QED) is 0.130. The van der Waals surface area contributed by atoms with Crippen molar-refractivity contribution in [3.8, 4) is 11.4 Å². The molecule has 52 heavy (non-hydrogen) atoms. The number of alkyl halides is 2. The van der Waals surface area contributed by atoms with Gasteiger partial charge in [-0.05, 0) is 41.7 Å². The van der Waals surface area contributed by atoms with Crippen molar-refractivity contribution in [1.82, 2.24) is 34.9 Å². The molecule has 0 saturated heterocycles. The van der Waals surface area contributed by atoms with Crippen LogP contribution in [0.15, 0.2) is 146 Å². The van der Waals surface area contributed by atoms with Crippen LogP contribution in [0.25, 0.3) is 60.3 Å². The van der Waals surface area contributed by atoms with Crippen LogP contribution in [0, 0.1) is 12.1 Å². The molecule has 0 spiro atoms. The van der Waals surface area contributed by atoms with Crippen molar-refractivity contribution in [1.29, 1.82) is 0 Å². The molecule has 9 rings (SSSR count). The number of allylic oxidation sites excluding steroid dienone is 1. The second-order valence-electron chi connectivity index (χ2n) is 11.6. The zero-order valence-corrected chi connectivity index (χ0v) is 30.2. The average Bonchev–Trinajstić information content (AvgIpc) is 3.89. The zero-order valence-electron chi connectivity index (χ0n) is 27.9. The van der Waals surface area contributed by atoms with E-state index in [0.717, 1.165) is 61.1 Å². The average molecular weight is 868 g/mol. The fraction of sp³-hybridized carbons (Fsp3) is 0.0750. The smallest absolute Gasteiger partial charge is 0.452 e. The van der Waals surface area contributed by atoms with Crippen LogP contribution < -0.4 is 0 Å². The first kappa shape index (κ1) is 35.7. The number of benzene rings is 6. The van der Waals surface area contributed by atoms with Gasteiger partial charge >= 0.3 is 26.0 Å². The van der Waals surface area contributed by atoms with Gasteiger partial charge in [0.1, 0.15) is 22.1 Å². The van der Waals surface area contributed by atoms with E-state index < -0.39 is 11.7 Å². The standard InChI is InChI=1S/2C16H10N3.C8H10F2N2O.Ir/c2*1-2-8-13-12(6-1)7-5-11-16(13)19-17-14-9-3-4-10-15(14)18-19;1-8(9,10)6(13)5-7-11-3-4-12(7)2;/h2*1-10H;3-5H,1-2H3,(H,11,13);/q2*-1;;+3/p-1. The summed E-state index contributed by atoms with van der Waals surface area (Å²) in [5, 5.41) is 26.3. The van der Waals surface area contributed by atoms with Gasteiger partial charge in [0, 0.05) is 6.92 Å². The van der Waals surface area contributed by atoms with Gasteiger partial charge in [0.2, 0.25) is 5.78 Å². The molecule has 0 bridgehead atoms. The molecule has 0 saturated carbocycles. The maximum Gasteiger partial charge on any atom is 3.00 e. The number of hydrogen-bond donors (Lipinski definition) is 0. The second-order valence-corrected chi connectivity index (χ2v) is 11.6. The third kappa shape index (κ3) is 7.78. The monoisotopic (exact) mass is 868 g/mol. The number of halogens is 2. The summed E-state index contributed by atoms with van der Waals surface area (Å²) >= 11 is 0. The summed E-state index contributed by atoms with van der Waals surface area (Å²) in [6, 6.07) is 46.4. The van der Waals surface area contributed by atoms with Crippen molar-refractivity contribution in [3.05, 3.63) is 163 Å². The van der Waals surface area contributed by atoms with E-state index in [0.29, 0.717) is 6.92 Å². The molecule has 9 nitrogen and oxygen atoms in total. The van der Waals surface area contributed by atoms with Crippen LogP contribution in [0.5, 0.6) is 0 Å². The van der Waals surface area contributed by atoms with Gasteiger partial charge in [0.25, 0.3) is 0 Å². The Balaban J connectivity index is 0.000000136. The number of carbonyl (C=O) groups is 1. The largest absolute Gasteiger partial charge is 3.00 e. The predicted molar refractivity (Wildman–Crippen MR) is 194 cm³/mol. The molecule has 0 amide bonds. The van der Waals surface area contributed by atoms with Gasteiger partial charge in [-0.3, -0.25) is 4.79 Å². The van der Waals surface area contributed by atoms with Crippen LogP contribution in [0.4, 0.5) is 8.78 Å². The van der Waals surface area contributed by atoms with E-state index in [1.807, 2.05) is 97.1 Å². The Morgan fingerprint density at radius 2 is 1.08 bits per heavy atom. The second kappa shape index (κ2) is 15.4. The first-order valence-electron chi connectivity index (χ1n) is 15.9. The topological polar surface area (TPSA) is 95.8 Å². The summed E-state index contributed by atoms with van der Waals surface area (Å²) in [5.41, 5.74) is 5.34. The van der Waals surface area contributed by atoms with Crippen LogP contribution in [0.3, 0.4) is 0 Å². The first-order valence-corrected chi connectivity index (χ1v) is 15.9. The van der Waals surface area contributed by atoms with Crippen molar-refractivity contribution >= 4 is 49.4 Å². The van der Waals surface area contributed by atoms with Crippen molar-refractivity contribution in [2.24, 2.45) is 0 Å². The molecule has 0 aliphatic carbocycles. The molecule has 12 heteroatoms. The third-order valence-corrected chi connectivity index (χ3v) is 7.92. The number of aromatic nitrogens is 6. The molecule has 6 aromatic carbocycles. The normalized spacial score (nSPS) is 13.0. The number of hydrogen-bond acceptors (Lipinski definition) is 6. The minimum Gasteiger partial charge on any atom is -0.452 e. The summed E-state index contributed by atoms with van der Waals surface area (Å²) in [6.45, 7) is 0.564. The van der Waals surface area contributed by atoms with Gasteiger partial charge in [-0.2, -0.15) is 75.2 Å². The van der Waals surface area contributed by atoms with Gasteiger partial charge in [-0.15, -0.1) is 33.7 Å². The molecule has 0 atom stereocenters. The van der Waals surface area contributed by atoms with Crippen molar-refractivity contribution in [3.63, 3.8) is 0 Å². The molecule has 0 unspecified atom stereocenters. The summed E-state index contributed by atoms with van der Waals surface area (Å²) in [5.74, 6) is -4.33. The molecule has 0 N–H and O–H groups in total. The van der Waals surface area contributed by atoms with Gasteiger partial charge in [-0.25, -0.2) is 0 Å². The minimum absolute atomic E-state index is 0. The van der Waals surface area contributed by atoms with E-state index in [2.05, 4.69) is 62.1 Å².